The number of nitrogens with two attached hydrogens (primary N) is 1. The Morgan fingerprint density at radius 2 is 2.11 bits per heavy atom. The number of nitrogens with zero attached hydrogens (tertiary/aromatic N) is 1. The van der Waals surface area contributed by atoms with Gasteiger partial charge in [-0.05, 0) is 47.3 Å². The molecule has 0 radical (unpaired) electrons. The predicted octanol–water partition coefficient (Wildman–Crippen LogP) is 2.40. The van der Waals surface area contributed by atoms with Crippen LogP contribution in [0.25, 0.3) is 0 Å². The highest BCUT2D eigenvalue weighted by atomic mass is 79.9. The van der Waals surface area contributed by atoms with Crippen LogP contribution in [0.4, 0.5) is 5.69 Å². The molecule has 0 aromatic heterocycles. The Bertz CT molecular complexity index is 520. The second-order valence-corrected chi connectivity index (χ2v) is 7.77. The summed E-state index contributed by atoms with van der Waals surface area (Å²) in [6, 6.07) is 4.59. The summed E-state index contributed by atoms with van der Waals surface area (Å²) in [5.41, 5.74) is 6.18. The van der Waals surface area contributed by atoms with Gasteiger partial charge in [-0.15, -0.1) is 0 Å². The molecular weight excluding hydrogens is 336 g/mol. The smallest absolute Gasteiger partial charge is 0.243 e. The number of hydrogen-bond acceptors (Lipinski definition) is 4. The summed E-state index contributed by atoms with van der Waals surface area (Å²) in [5, 5.41) is 0. The quantitative estimate of drug-likeness (QED) is 0.826. The highest BCUT2D eigenvalue weighted by Crippen LogP contribution is 2.25. The minimum Gasteiger partial charge on any atom is -0.398 e. The molecule has 1 rings (SSSR count). The minimum absolute atomic E-state index is 0.0543. The summed E-state index contributed by atoms with van der Waals surface area (Å²) in [5.74, 6) is 0.756. The Morgan fingerprint density at radius 3 is 2.61 bits per heavy atom. The van der Waals surface area contributed by atoms with Gasteiger partial charge >= 0.3 is 0 Å². The van der Waals surface area contributed by atoms with E-state index in [4.69, 9.17) is 5.73 Å². The van der Waals surface area contributed by atoms with Crippen LogP contribution in [0.2, 0.25) is 0 Å². The van der Waals surface area contributed by atoms with Crippen LogP contribution in [0.15, 0.2) is 27.6 Å². The molecule has 18 heavy (non-hydrogen) atoms. The van der Waals surface area contributed by atoms with E-state index < -0.39 is 10.0 Å². The second-order valence-electron chi connectivity index (χ2n) is 4.01. The average Bonchev–Trinajstić information content (AvgIpc) is 2.31. The van der Waals surface area contributed by atoms with Crippen LogP contribution in [0.3, 0.4) is 0 Å². The van der Waals surface area contributed by atoms with Crippen molar-refractivity contribution in [2.45, 2.75) is 17.9 Å². The molecule has 1 atom stereocenters. The van der Waals surface area contributed by atoms with Crippen molar-refractivity contribution in [1.82, 2.24) is 4.31 Å². The first-order valence-electron chi connectivity index (χ1n) is 5.32. The summed E-state index contributed by atoms with van der Waals surface area (Å²) in [6.45, 7) is 1.89. The lowest BCUT2D eigenvalue weighted by Crippen LogP contribution is -2.36. The van der Waals surface area contributed by atoms with Crippen LogP contribution in [0.5, 0.6) is 0 Å². The number of anilines is 1. The summed E-state index contributed by atoms with van der Waals surface area (Å²) in [6.07, 6.45) is 1.96. The zero-order chi connectivity index (χ0) is 13.9. The monoisotopic (exact) mass is 352 g/mol. The molecule has 0 amide bonds. The van der Waals surface area contributed by atoms with E-state index in [-0.39, 0.29) is 10.9 Å². The molecule has 0 aliphatic heterocycles. The SMILES string of the molecule is CSCC(C)N(C)S(=O)(=O)c1ccc(N)c(Br)c1. The van der Waals surface area contributed by atoms with E-state index >= 15 is 0 Å². The van der Waals surface area contributed by atoms with Crippen LogP contribution in [-0.2, 0) is 10.0 Å². The number of hydrogen-bond donors (Lipinski definition) is 1. The van der Waals surface area contributed by atoms with E-state index in [1.807, 2.05) is 13.2 Å². The molecule has 1 aromatic carbocycles. The molecule has 1 aromatic rings. The standard InChI is InChI=1S/C11H17BrN2O2S2/c1-8(7-17-3)14(2)18(15,16)9-4-5-11(13)10(12)6-9/h4-6,8H,7,13H2,1-3H3. The lowest BCUT2D eigenvalue weighted by atomic mass is 10.3. The number of halogens is 1. The van der Waals surface area contributed by atoms with E-state index in [9.17, 15) is 8.42 Å². The fourth-order valence-electron chi connectivity index (χ4n) is 1.42. The van der Waals surface area contributed by atoms with Crippen molar-refractivity contribution in [2.24, 2.45) is 0 Å². The van der Waals surface area contributed by atoms with Gasteiger partial charge in [0.2, 0.25) is 10.0 Å². The minimum atomic E-state index is -3.47. The Kier molecular flexibility index (Phi) is 5.51. The zero-order valence-corrected chi connectivity index (χ0v) is 13.8. The molecule has 2 N–H and O–H groups in total. The highest BCUT2D eigenvalue weighted by Gasteiger charge is 2.25. The number of sulfonamides is 1. The number of benzene rings is 1. The van der Waals surface area contributed by atoms with E-state index in [0.717, 1.165) is 5.75 Å². The largest absolute Gasteiger partial charge is 0.398 e. The van der Waals surface area contributed by atoms with Crippen molar-refractivity contribution in [3.05, 3.63) is 22.7 Å². The van der Waals surface area contributed by atoms with Crippen molar-refractivity contribution in [3.8, 4) is 0 Å². The molecule has 0 heterocycles. The third-order valence-electron chi connectivity index (χ3n) is 2.68. The maximum absolute atomic E-state index is 12.4. The normalized spacial score (nSPS) is 13.8. The lowest BCUT2D eigenvalue weighted by Gasteiger charge is -2.23. The van der Waals surface area contributed by atoms with E-state index in [1.165, 1.54) is 16.4 Å². The van der Waals surface area contributed by atoms with Gasteiger partial charge in [0.1, 0.15) is 0 Å². The van der Waals surface area contributed by atoms with Gasteiger partial charge in [-0.2, -0.15) is 16.1 Å². The molecule has 0 saturated carbocycles. The van der Waals surface area contributed by atoms with E-state index in [1.54, 1.807) is 24.9 Å². The third kappa shape index (κ3) is 3.40. The van der Waals surface area contributed by atoms with Crippen LogP contribution >= 0.6 is 27.7 Å². The fraction of sp³-hybridized carbons (Fsp3) is 0.455. The molecule has 0 fully saturated rings. The molecule has 4 nitrogen and oxygen atoms in total. The summed E-state index contributed by atoms with van der Waals surface area (Å²) < 4.78 is 26.7. The third-order valence-corrected chi connectivity index (χ3v) is 6.15. The van der Waals surface area contributed by atoms with Gasteiger partial charge in [0.15, 0.2) is 0 Å². The van der Waals surface area contributed by atoms with Crippen molar-refractivity contribution >= 4 is 43.4 Å². The molecule has 0 spiro atoms. The van der Waals surface area contributed by atoms with E-state index in [2.05, 4.69) is 15.9 Å². The fourth-order valence-corrected chi connectivity index (χ4v) is 4.14. The van der Waals surface area contributed by atoms with E-state index in [0.29, 0.717) is 10.2 Å². The van der Waals surface area contributed by atoms with Gasteiger partial charge in [0, 0.05) is 29.0 Å². The summed E-state index contributed by atoms with van der Waals surface area (Å²) in [7, 11) is -1.87. The summed E-state index contributed by atoms with van der Waals surface area (Å²) in [4.78, 5) is 0.249. The van der Waals surface area contributed by atoms with Gasteiger partial charge in [-0.25, -0.2) is 8.42 Å². The summed E-state index contributed by atoms with van der Waals surface area (Å²) >= 11 is 4.86. The van der Waals surface area contributed by atoms with Crippen molar-refractivity contribution in [2.75, 3.05) is 24.8 Å². The van der Waals surface area contributed by atoms with Crippen LogP contribution in [-0.4, -0.2) is 37.8 Å². The molecular formula is C11H17BrN2O2S2. The topological polar surface area (TPSA) is 63.4 Å². The van der Waals surface area contributed by atoms with Crippen molar-refractivity contribution < 1.29 is 8.42 Å². The Labute approximate surface area is 121 Å². The number of nitrogen functional groups attached to an aromatic ring is 1. The molecule has 0 saturated heterocycles. The zero-order valence-electron chi connectivity index (χ0n) is 10.6. The Hall–Kier alpha value is -0.240. The van der Waals surface area contributed by atoms with Crippen LogP contribution in [0.1, 0.15) is 6.92 Å². The first-order chi connectivity index (χ1) is 8.30. The van der Waals surface area contributed by atoms with Gasteiger partial charge in [0.25, 0.3) is 0 Å². The number of rotatable bonds is 5. The average molecular weight is 353 g/mol. The second kappa shape index (κ2) is 6.27. The predicted molar refractivity (Wildman–Crippen MR) is 81.3 cm³/mol. The number of thioether (sulfide) groups is 1. The van der Waals surface area contributed by atoms with Crippen LogP contribution < -0.4 is 5.73 Å². The molecule has 0 aliphatic rings. The van der Waals surface area contributed by atoms with Crippen molar-refractivity contribution in [1.29, 1.82) is 0 Å². The van der Waals surface area contributed by atoms with Gasteiger partial charge < -0.3 is 5.73 Å². The van der Waals surface area contributed by atoms with Gasteiger partial charge in [-0.1, -0.05) is 0 Å². The van der Waals surface area contributed by atoms with Crippen molar-refractivity contribution in [3.63, 3.8) is 0 Å². The Morgan fingerprint density at radius 1 is 1.50 bits per heavy atom. The first kappa shape index (κ1) is 15.8. The molecule has 0 aliphatic carbocycles. The molecule has 0 bridgehead atoms. The lowest BCUT2D eigenvalue weighted by molar-refractivity contribution is 0.415. The maximum Gasteiger partial charge on any atom is 0.243 e. The molecule has 102 valence electrons. The molecule has 7 heteroatoms. The van der Waals surface area contributed by atoms with Crippen LogP contribution in [0, 0.1) is 0 Å². The van der Waals surface area contributed by atoms with Gasteiger partial charge in [0.05, 0.1) is 4.90 Å². The maximum atomic E-state index is 12.4. The molecule has 1 unspecified atom stereocenters. The Balaban J connectivity index is 3.09. The highest BCUT2D eigenvalue weighted by molar-refractivity contribution is 9.10. The van der Waals surface area contributed by atoms with Gasteiger partial charge in [-0.3, -0.25) is 0 Å². The first-order valence-corrected chi connectivity index (χ1v) is 8.95.